The summed E-state index contributed by atoms with van der Waals surface area (Å²) in [5.41, 5.74) is 0.353. The van der Waals surface area contributed by atoms with Crippen LogP contribution in [0.25, 0.3) is 0 Å². The molecular formula is C18H28N2O3. The highest BCUT2D eigenvalue weighted by Crippen LogP contribution is 2.35. The first-order valence-corrected chi connectivity index (χ1v) is 8.10. The normalized spacial score (nSPS) is 18.1. The lowest BCUT2D eigenvalue weighted by molar-refractivity contribution is -0.135. The summed E-state index contributed by atoms with van der Waals surface area (Å²) in [5.74, 6) is 2.04. The molecule has 128 valence electrons. The third-order valence-corrected chi connectivity index (χ3v) is 4.71. The van der Waals surface area contributed by atoms with E-state index in [2.05, 4.69) is 5.32 Å². The lowest BCUT2D eigenvalue weighted by atomic mass is 9.83. The van der Waals surface area contributed by atoms with Crippen molar-refractivity contribution in [2.75, 3.05) is 40.9 Å². The zero-order valence-corrected chi connectivity index (χ0v) is 14.8. The van der Waals surface area contributed by atoms with Crippen molar-refractivity contribution in [1.82, 2.24) is 10.2 Å². The van der Waals surface area contributed by atoms with E-state index in [9.17, 15) is 4.79 Å². The van der Waals surface area contributed by atoms with Crippen molar-refractivity contribution in [3.8, 4) is 11.5 Å². The highest BCUT2D eigenvalue weighted by Gasteiger charge is 2.37. The summed E-state index contributed by atoms with van der Waals surface area (Å²) in [4.78, 5) is 15.0. The maximum absolute atomic E-state index is 13.0. The van der Waals surface area contributed by atoms with E-state index in [1.807, 2.05) is 44.0 Å². The summed E-state index contributed by atoms with van der Waals surface area (Å²) in [7, 11) is 5.18. The van der Waals surface area contributed by atoms with Crippen molar-refractivity contribution in [3.05, 3.63) is 23.8 Å². The van der Waals surface area contributed by atoms with Gasteiger partial charge in [-0.2, -0.15) is 0 Å². The zero-order valence-electron chi connectivity index (χ0n) is 14.8. The van der Waals surface area contributed by atoms with Crippen LogP contribution in [-0.4, -0.2) is 51.7 Å². The van der Waals surface area contributed by atoms with Crippen LogP contribution in [0.5, 0.6) is 11.5 Å². The molecule has 5 heteroatoms. The Bertz CT molecular complexity index is 557. The number of benzene rings is 1. The Kier molecular flexibility index (Phi) is 5.52. The van der Waals surface area contributed by atoms with E-state index in [1.165, 1.54) is 0 Å². The number of carbonyl (C=O) groups excluding carboxylic acids is 1. The second-order valence-electron chi connectivity index (χ2n) is 6.66. The molecule has 1 aromatic carbocycles. The molecule has 1 saturated heterocycles. The van der Waals surface area contributed by atoms with E-state index >= 15 is 0 Å². The van der Waals surface area contributed by atoms with Gasteiger partial charge in [0.15, 0.2) is 11.5 Å². The summed E-state index contributed by atoms with van der Waals surface area (Å²) in [5, 5.41) is 3.20. The Morgan fingerprint density at radius 1 is 1.30 bits per heavy atom. The standard InChI is InChI=1S/C18H28N2O3/c1-18(2,14-6-7-15(22-4)16(10-14)23-5)17(21)20-9-8-13(12-20)11-19-3/h6-7,10,13,19H,8-9,11-12H2,1-5H3. The van der Waals surface area contributed by atoms with E-state index < -0.39 is 5.41 Å². The number of nitrogens with zero attached hydrogens (tertiary/aromatic N) is 1. The van der Waals surface area contributed by atoms with Crippen LogP contribution in [0.3, 0.4) is 0 Å². The molecule has 1 aliphatic rings. The number of amides is 1. The van der Waals surface area contributed by atoms with Crippen LogP contribution in [0, 0.1) is 5.92 Å². The molecule has 1 unspecified atom stereocenters. The smallest absolute Gasteiger partial charge is 0.232 e. The number of nitrogens with one attached hydrogen (secondary N) is 1. The van der Waals surface area contributed by atoms with Crippen molar-refractivity contribution in [3.63, 3.8) is 0 Å². The third-order valence-electron chi connectivity index (χ3n) is 4.71. The molecule has 1 fully saturated rings. The lowest BCUT2D eigenvalue weighted by Gasteiger charge is -2.30. The van der Waals surface area contributed by atoms with Crippen LogP contribution < -0.4 is 14.8 Å². The summed E-state index contributed by atoms with van der Waals surface area (Å²) in [6.45, 7) is 6.57. The molecule has 1 aromatic rings. The first-order chi connectivity index (χ1) is 10.9. The van der Waals surface area contributed by atoms with E-state index in [-0.39, 0.29) is 5.91 Å². The van der Waals surface area contributed by atoms with Gasteiger partial charge in [0.25, 0.3) is 0 Å². The molecule has 0 aromatic heterocycles. The Balaban J connectivity index is 2.19. The Labute approximate surface area is 139 Å². The molecule has 23 heavy (non-hydrogen) atoms. The van der Waals surface area contributed by atoms with Gasteiger partial charge in [-0.25, -0.2) is 0 Å². The van der Waals surface area contributed by atoms with E-state index in [1.54, 1.807) is 14.2 Å². The molecule has 0 aliphatic carbocycles. The van der Waals surface area contributed by atoms with Gasteiger partial charge in [0, 0.05) is 13.1 Å². The molecule has 1 aliphatic heterocycles. The van der Waals surface area contributed by atoms with Gasteiger partial charge >= 0.3 is 0 Å². The highest BCUT2D eigenvalue weighted by molar-refractivity contribution is 5.87. The third kappa shape index (κ3) is 3.61. The number of rotatable bonds is 6. The molecule has 0 saturated carbocycles. The lowest BCUT2D eigenvalue weighted by Crippen LogP contribution is -2.42. The monoisotopic (exact) mass is 320 g/mol. The zero-order chi connectivity index (χ0) is 17.0. The molecular weight excluding hydrogens is 292 g/mol. The van der Waals surface area contributed by atoms with Crippen molar-refractivity contribution >= 4 is 5.91 Å². The van der Waals surface area contributed by atoms with Crippen LogP contribution >= 0.6 is 0 Å². The first kappa shape index (κ1) is 17.6. The van der Waals surface area contributed by atoms with Crippen LogP contribution in [-0.2, 0) is 10.2 Å². The van der Waals surface area contributed by atoms with Gasteiger partial charge < -0.3 is 19.7 Å². The fourth-order valence-corrected chi connectivity index (χ4v) is 3.22. The van der Waals surface area contributed by atoms with Gasteiger partial charge in [0.05, 0.1) is 19.6 Å². The Morgan fingerprint density at radius 2 is 2.00 bits per heavy atom. The molecule has 5 nitrogen and oxygen atoms in total. The second kappa shape index (κ2) is 7.21. The summed E-state index contributed by atoms with van der Waals surface area (Å²) in [6.07, 6.45) is 1.06. The number of hydrogen-bond donors (Lipinski definition) is 1. The van der Waals surface area contributed by atoms with Gasteiger partial charge in [-0.15, -0.1) is 0 Å². The molecule has 1 N–H and O–H groups in total. The Morgan fingerprint density at radius 3 is 2.61 bits per heavy atom. The predicted octanol–water partition coefficient (Wildman–Crippen LogP) is 2.05. The molecule has 0 bridgehead atoms. The van der Waals surface area contributed by atoms with E-state index in [4.69, 9.17) is 9.47 Å². The molecule has 1 atom stereocenters. The van der Waals surface area contributed by atoms with Crippen molar-refractivity contribution in [2.24, 2.45) is 5.92 Å². The van der Waals surface area contributed by atoms with Gasteiger partial charge in [-0.3, -0.25) is 4.79 Å². The number of methoxy groups -OCH3 is 2. The minimum Gasteiger partial charge on any atom is -0.493 e. The molecule has 0 radical (unpaired) electrons. The first-order valence-electron chi connectivity index (χ1n) is 8.10. The SMILES string of the molecule is CNCC1CCN(C(=O)C(C)(C)c2ccc(OC)c(OC)c2)C1. The number of likely N-dealkylation sites (tertiary alicyclic amines) is 1. The van der Waals surface area contributed by atoms with Crippen molar-refractivity contribution in [1.29, 1.82) is 0 Å². The van der Waals surface area contributed by atoms with Gasteiger partial charge in [-0.1, -0.05) is 6.07 Å². The average molecular weight is 320 g/mol. The molecule has 1 heterocycles. The summed E-state index contributed by atoms with van der Waals surface area (Å²) < 4.78 is 10.6. The Hall–Kier alpha value is -1.75. The second-order valence-corrected chi connectivity index (χ2v) is 6.66. The van der Waals surface area contributed by atoms with E-state index in [0.717, 1.165) is 31.6 Å². The summed E-state index contributed by atoms with van der Waals surface area (Å²) in [6, 6.07) is 5.70. The number of carbonyl (C=O) groups is 1. The van der Waals surface area contributed by atoms with Crippen LogP contribution in [0.1, 0.15) is 25.8 Å². The van der Waals surface area contributed by atoms with Crippen molar-refractivity contribution < 1.29 is 14.3 Å². The van der Waals surface area contributed by atoms with Gasteiger partial charge in [0.1, 0.15) is 0 Å². The predicted molar refractivity (Wildman–Crippen MR) is 91.2 cm³/mol. The maximum atomic E-state index is 13.0. The molecule has 1 amide bonds. The van der Waals surface area contributed by atoms with Gasteiger partial charge in [-0.05, 0) is 57.5 Å². The highest BCUT2D eigenvalue weighted by atomic mass is 16.5. The van der Waals surface area contributed by atoms with Crippen LogP contribution in [0.15, 0.2) is 18.2 Å². The average Bonchev–Trinajstić information content (AvgIpc) is 3.02. The van der Waals surface area contributed by atoms with Crippen LogP contribution in [0.4, 0.5) is 0 Å². The minimum absolute atomic E-state index is 0.170. The maximum Gasteiger partial charge on any atom is 0.232 e. The van der Waals surface area contributed by atoms with Crippen molar-refractivity contribution in [2.45, 2.75) is 25.7 Å². The summed E-state index contributed by atoms with van der Waals surface area (Å²) >= 11 is 0. The fraction of sp³-hybridized carbons (Fsp3) is 0.611. The van der Waals surface area contributed by atoms with Gasteiger partial charge in [0.2, 0.25) is 5.91 Å². The van der Waals surface area contributed by atoms with Crippen LogP contribution in [0.2, 0.25) is 0 Å². The molecule has 2 rings (SSSR count). The molecule has 0 spiro atoms. The number of hydrogen-bond acceptors (Lipinski definition) is 4. The number of ether oxygens (including phenoxy) is 2. The quantitative estimate of drug-likeness (QED) is 0.871. The largest absolute Gasteiger partial charge is 0.493 e. The fourth-order valence-electron chi connectivity index (χ4n) is 3.22. The topological polar surface area (TPSA) is 50.8 Å². The minimum atomic E-state index is -0.589. The van der Waals surface area contributed by atoms with E-state index in [0.29, 0.717) is 17.4 Å².